The van der Waals surface area contributed by atoms with Crippen LogP contribution in [0.5, 0.6) is 0 Å². The van der Waals surface area contributed by atoms with Crippen LogP contribution in [0.25, 0.3) is 10.1 Å². The summed E-state index contributed by atoms with van der Waals surface area (Å²) in [5.74, 6) is 0.462. The number of rotatable bonds is 1. The smallest absolute Gasteiger partial charge is 0.270 e. The molecule has 0 saturated carbocycles. The molecule has 5 rings (SSSR count). The summed E-state index contributed by atoms with van der Waals surface area (Å²) in [6.45, 7) is 4.30. The van der Waals surface area contributed by atoms with E-state index in [2.05, 4.69) is 32.2 Å². The number of hydrogen-bond donors (Lipinski definition) is 1. The minimum Gasteiger partial charge on any atom is -0.337 e. The monoisotopic (exact) mass is 397 g/mol. The van der Waals surface area contributed by atoms with E-state index >= 15 is 0 Å². The number of quaternary nitrogens is 1. The summed E-state index contributed by atoms with van der Waals surface area (Å²) < 4.78 is 1.07. The van der Waals surface area contributed by atoms with Crippen LogP contribution in [0.1, 0.15) is 33.1 Å². The van der Waals surface area contributed by atoms with Gasteiger partial charge in [0.05, 0.1) is 37.1 Å². The fourth-order valence-corrected chi connectivity index (χ4v) is 6.17. The van der Waals surface area contributed by atoms with Crippen LogP contribution in [0.2, 0.25) is 5.02 Å². The molecule has 2 aromatic carbocycles. The number of hydrogen-bond acceptors (Lipinski definition) is 2. The molecule has 1 N–H and O–H groups in total. The second-order valence-corrected chi connectivity index (χ2v) is 9.28. The van der Waals surface area contributed by atoms with Crippen LogP contribution >= 0.6 is 22.9 Å². The molecule has 5 heteroatoms. The Hall–Kier alpha value is -1.88. The van der Waals surface area contributed by atoms with Gasteiger partial charge in [0.1, 0.15) is 4.88 Å². The Bertz CT molecular complexity index is 1060. The lowest BCUT2D eigenvalue weighted by molar-refractivity contribution is -0.886. The maximum atomic E-state index is 13.7. The Morgan fingerprint density at radius 1 is 1.26 bits per heavy atom. The predicted octanol–water partition coefficient (Wildman–Crippen LogP) is 3.89. The van der Waals surface area contributed by atoms with Gasteiger partial charge < -0.3 is 9.80 Å². The van der Waals surface area contributed by atoms with Crippen molar-refractivity contribution >= 4 is 44.6 Å². The summed E-state index contributed by atoms with van der Waals surface area (Å²) in [5.41, 5.74) is 3.65. The number of likely N-dealkylation sites (N-methyl/N-ethyl adjacent to an activating group) is 1. The lowest BCUT2D eigenvalue weighted by Gasteiger charge is -2.34. The first-order valence-corrected chi connectivity index (χ1v) is 10.7. The summed E-state index contributed by atoms with van der Waals surface area (Å²) >= 11 is 8.15. The number of nitrogens with zero attached hydrogens (tertiary/aromatic N) is 1. The number of benzene rings is 2. The Balaban J connectivity index is 1.63. The van der Waals surface area contributed by atoms with Gasteiger partial charge in [-0.05, 0) is 24.6 Å². The number of likely N-dealkylation sites (tertiary alicyclic amines) is 1. The molecule has 0 bridgehead atoms. The number of anilines is 1. The van der Waals surface area contributed by atoms with Gasteiger partial charge >= 0.3 is 0 Å². The molecular formula is C22H22ClN2OS+. The van der Waals surface area contributed by atoms with E-state index in [1.165, 1.54) is 27.4 Å². The highest BCUT2D eigenvalue weighted by molar-refractivity contribution is 7.21. The van der Waals surface area contributed by atoms with E-state index in [-0.39, 0.29) is 11.9 Å². The van der Waals surface area contributed by atoms with Crippen LogP contribution in [-0.2, 0) is 0 Å². The molecule has 1 amide bonds. The first-order valence-electron chi connectivity index (χ1n) is 9.47. The Morgan fingerprint density at radius 3 is 2.89 bits per heavy atom. The third-order valence-corrected chi connectivity index (χ3v) is 7.68. The average Bonchev–Trinajstić information content (AvgIpc) is 3.16. The van der Waals surface area contributed by atoms with E-state index in [4.69, 9.17) is 11.6 Å². The minimum absolute atomic E-state index is 0.0540. The van der Waals surface area contributed by atoms with Crippen molar-refractivity contribution < 1.29 is 9.69 Å². The second kappa shape index (κ2) is 6.33. The second-order valence-electron chi connectivity index (χ2n) is 7.85. The fourth-order valence-electron chi connectivity index (χ4n) is 4.73. The van der Waals surface area contributed by atoms with Crippen molar-refractivity contribution in [2.75, 3.05) is 25.0 Å². The molecule has 3 heterocycles. The Labute approximate surface area is 168 Å². The summed E-state index contributed by atoms with van der Waals surface area (Å²) in [5, 5.41) is 1.57. The number of amides is 1. The molecular weight excluding hydrogens is 376 g/mol. The topological polar surface area (TPSA) is 24.8 Å². The van der Waals surface area contributed by atoms with Gasteiger partial charge in [-0.3, -0.25) is 4.79 Å². The SMILES string of the molecule is Cc1ccc2c(c1)[C@H]1C[NH+](C)CC[C@@H]1N2C(=O)c1sc2ccccc2c1Cl. The van der Waals surface area contributed by atoms with Gasteiger partial charge in [-0.2, -0.15) is 0 Å². The molecule has 0 radical (unpaired) electrons. The third-order valence-electron chi connectivity index (χ3n) is 6.02. The molecule has 2 aliphatic heterocycles. The van der Waals surface area contributed by atoms with E-state index in [9.17, 15) is 4.79 Å². The maximum Gasteiger partial charge on any atom is 0.270 e. The molecule has 0 spiro atoms. The zero-order valence-electron chi connectivity index (χ0n) is 15.5. The van der Waals surface area contributed by atoms with Crippen molar-refractivity contribution in [3.63, 3.8) is 0 Å². The van der Waals surface area contributed by atoms with E-state index in [0.717, 1.165) is 35.3 Å². The number of carbonyl (C=O) groups is 1. The molecule has 3 atom stereocenters. The van der Waals surface area contributed by atoms with Crippen LogP contribution in [0.3, 0.4) is 0 Å². The Morgan fingerprint density at radius 2 is 2.07 bits per heavy atom. The first-order chi connectivity index (χ1) is 13.0. The van der Waals surface area contributed by atoms with Crippen molar-refractivity contribution in [3.05, 3.63) is 63.5 Å². The normalized spacial score (nSPS) is 24.1. The predicted molar refractivity (Wildman–Crippen MR) is 113 cm³/mol. The molecule has 1 fully saturated rings. The van der Waals surface area contributed by atoms with Crippen LogP contribution in [0.15, 0.2) is 42.5 Å². The zero-order chi connectivity index (χ0) is 18.7. The van der Waals surface area contributed by atoms with Gasteiger partial charge in [-0.25, -0.2) is 0 Å². The molecule has 2 aliphatic rings. The zero-order valence-corrected chi connectivity index (χ0v) is 17.0. The van der Waals surface area contributed by atoms with E-state index < -0.39 is 0 Å². The van der Waals surface area contributed by atoms with Gasteiger partial charge in [0.2, 0.25) is 0 Å². The fraction of sp³-hybridized carbons (Fsp3) is 0.318. The van der Waals surface area contributed by atoms with E-state index in [1.807, 2.05) is 29.2 Å². The highest BCUT2D eigenvalue weighted by atomic mass is 35.5. The lowest BCUT2D eigenvalue weighted by Crippen LogP contribution is -3.11. The Kier molecular flexibility index (Phi) is 4.04. The highest BCUT2D eigenvalue weighted by Crippen LogP contribution is 2.45. The summed E-state index contributed by atoms with van der Waals surface area (Å²) in [4.78, 5) is 17.9. The number of carbonyl (C=O) groups excluding carboxylic acids is 1. The summed E-state index contributed by atoms with van der Waals surface area (Å²) in [6, 6.07) is 14.7. The highest BCUT2D eigenvalue weighted by Gasteiger charge is 2.46. The summed E-state index contributed by atoms with van der Waals surface area (Å²) in [7, 11) is 2.25. The number of thiophene rings is 1. The van der Waals surface area contributed by atoms with Crippen molar-refractivity contribution in [1.29, 1.82) is 0 Å². The van der Waals surface area contributed by atoms with Gasteiger partial charge in [0.15, 0.2) is 0 Å². The number of aryl methyl sites for hydroxylation is 1. The molecule has 1 saturated heterocycles. The van der Waals surface area contributed by atoms with Crippen LogP contribution in [-0.4, -0.2) is 32.1 Å². The molecule has 1 unspecified atom stereocenters. The van der Waals surface area contributed by atoms with E-state index in [1.54, 1.807) is 0 Å². The van der Waals surface area contributed by atoms with Gasteiger partial charge in [0.25, 0.3) is 5.91 Å². The molecule has 1 aromatic heterocycles. The number of halogens is 1. The average molecular weight is 398 g/mol. The third kappa shape index (κ3) is 2.62. The lowest BCUT2D eigenvalue weighted by atomic mass is 9.89. The van der Waals surface area contributed by atoms with Crippen molar-refractivity contribution in [3.8, 4) is 0 Å². The van der Waals surface area contributed by atoms with Gasteiger partial charge in [0, 0.05) is 22.2 Å². The van der Waals surface area contributed by atoms with Crippen molar-refractivity contribution in [1.82, 2.24) is 0 Å². The van der Waals surface area contributed by atoms with E-state index in [0.29, 0.717) is 15.8 Å². The molecule has 0 aliphatic carbocycles. The van der Waals surface area contributed by atoms with Crippen LogP contribution in [0.4, 0.5) is 5.69 Å². The number of piperidine rings is 1. The molecule has 3 nitrogen and oxygen atoms in total. The maximum absolute atomic E-state index is 13.7. The quantitative estimate of drug-likeness (QED) is 0.662. The van der Waals surface area contributed by atoms with Crippen LogP contribution < -0.4 is 9.80 Å². The molecule has 3 aromatic rings. The van der Waals surface area contributed by atoms with Gasteiger partial charge in [-0.15, -0.1) is 11.3 Å². The van der Waals surface area contributed by atoms with Crippen LogP contribution in [0, 0.1) is 6.92 Å². The molecule has 27 heavy (non-hydrogen) atoms. The standard InChI is InChI=1S/C22H21ClN2OS/c1-13-7-8-17-15(11-13)16-12-24(2)10-9-18(16)25(17)22(26)21-20(23)14-5-3-4-6-19(14)27-21/h3-8,11,16,18H,9-10,12H2,1-2H3/p+1/t16-,18+/m1/s1. The molecule has 138 valence electrons. The first kappa shape index (κ1) is 17.2. The minimum atomic E-state index is 0.0540. The van der Waals surface area contributed by atoms with Crippen molar-refractivity contribution in [2.45, 2.75) is 25.3 Å². The summed E-state index contributed by atoms with van der Waals surface area (Å²) in [6.07, 6.45) is 1.03. The van der Waals surface area contributed by atoms with Gasteiger partial charge in [-0.1, -0.05) is 47.5 Å². The number of fused-ring (bicyclic) bond motifs is 4. The van der Waals surface area contributed by atoms with Crippen molar-refractivity contribution in [2.24, 2.45) is 0 Å². The largest absolute Gasteiger partial charge is 0.337 e. The number of nitrogens with one attached hydrogen (secondary N) is 1.